The number of sulfonamides is 1. The Morgan fingerprint density at radius 3 is 2.34 bits per heavy atom. The first-order valence-electron chi connectivity index (χ1n) is 10.3. The average Bonchev–Trinajstić information content (AvgIpc) is 2.78. The fourth-order valence-corrected chi connectivity index (χ4v) is 4.64. The van der Waals surface area contributed by atoms with Gasteiger partial charge >= 0.3 is 5.97 Å². The molecule has 0 saturated carbocycles. The van der Waals surface area contributed by atoms with Crippen molar-refractivity contribution < 1.29 is 27.5 Å². The van der Waals surface area contributed by atoms with Gasteiger partial charge in [-0.15, -0.1) is 0 Å². The van der Waals surface area contributed by atoms with Crippen LogP contribution in [-0.4, -0.2) is 57.5 Å². The van der Waals surface area contributed by atoms with Crippen molar-refractivity contribution in [1.82, 2.24) is 4.31 Å². The number of benzene rings is 2. The fourth-order valence-electron chi connectivity index (χ4n) is 3.19. The number of morpholine rings is 1. The molecular formula is C23H28N2O6S. The number of amides is 1. The number of hydrogen-bond acceptors (Lipinski definition) is 6. The average molecular weight is 461 g/mol. The number of anilines is 1. The molecule has 0 spiro atoms. The third-order valence-electron chi connectivity index (χ3n) is 5.05. The van der Waals surface area contributed by atoms with Crippen LogP contribution in [0.5, 0.6) is 0 Å². The van der Waals surface area contributed by atoms with Gasteiger partial charge in [0.05, 0.1) is 23.7 Å². The Kier molecular flexibility index (Phi) is 7.33. The molecule has 2 aromatic rings. The summed E-state index contributed by atoms with van der Waals surface area (Å²) in [6, 6.07) is 13.0. The van der Waals surface area contributed by atoms with E-state index in [1.165, 1.54) is 16.4 Å². The van der Waals surface area contributed by atoms with Gasteiger partial charge in [0, 0.05) is 18.8 Å². The van der Waals surface area contributed by atoms with Gasteiger partial charge in [-0.25, -0.2) is 13.2 Å². The number of ether oxygens (including phenoxy) is 2. The topological polar surface area (TPSA) is 102 Å². The summed E-state index contributed by atoms with van der Waals surface area (Å²) in [6.45, 7) is 7.00. The highest BCUT2D eigenvalue weighted by Gasteiger charge is 2.26. The van der Waals surface area contributed by atoms with Crippen LogP contribution in [0.2, 0.25) is 0 Å². The molecule has 0 aromatic heterocycles. The summed E-state index contributed by atoms with van der Waals surface area (Å²) in [5.74, 6) is -1.17. The van der Waals surface area contributed by atoms with E-state index in [4.69, 9.17) is 9.47 Å². The van der Waals surface area contributed by atoms with Crippen molar-refractivity contribution in [3.05, 3.63) is 59.7 Å². The molecule has 1 amide bonds. The van der Waals surface area contributed by atoms with E-state index in [-0.39, 0.29) is 23.4 Å². The van der Waals surface area contributed by atoms with E-state index in [1.807, 2.05) is 12.1 Å². The second-order valence-electron chi connectivity index (χ2n) is 8.50. The Morgan fingerprint density at radius 2 is 1.72 bits per heavy atom. The van der Waals surface area contributed by atoms with Crippen LogP contribution in [0.4, 0.5) is 5.69 Å². The summed E-state index contributed by atoms with van der Waals surface area (Å²) in [4.78, 5) is 24.5. The van der Waals surface area contributed by atoms with Crippen molar-refractivity contribution in [1.29, 1.82) is 0 Å². The first kappa shape index (κ1) is 23.9. The first-order valence-corrected chi connectivity index (χ1v) is 11.8. The zero-order valence-electron chi connectivity index (χ0n) is 18.5. The Balaban J connectivity index is 1.58. The van der Waals surface area contributed by atoms with Gasteiger partial charge in [-0.1, -0.05) is 39.0 Å². The van der Waals surface area contributed by atoms with Crippen molar-refractivity contribution in [3.8, 4) is 0 Å². The predicted molar refractivity (Wildman–Crippen MR) is 120 cm³/mol. The van der Waals surface area contributed by atoms with E-state index in [0.717, 1.165) is 5.56 Å². The summed E-state index contributed by atoms with van der Waals surface area (Å²) in [5.41, 5.74) is 1.70. The van der Waals surface area contributed by atoms with Gasteiger partial charge in [0.25, 0.3) is 5.91 Å². The molecular weight excluding hydrogens is 432 g/mol. The van der Waals surface area contributed by atoms with Crippen LogP contribution in [0.25, 0.3) is 0 Å². The fraction of sp³-hybridized carbons (Fsp3) is 0.391. The minimum Gasteiger partial charge on any atom is -0.452 e. The largest absolute Gasteiger partial charge is 0.452 e. The van der Waals surface area contributed by atoms with Crippen molar-refractivity contribution in [3.63, 3.8) is 0 Å². The zero-order valence-corrected chi connectivity index (χ0v) is 19.3. The van der Waals surface area contributed by atoms with E-state index in [9.17, 15) is 18.0 Å². The van der Waals surface area contributed by atoms with Gasteiger partial charge in [-0.05, 0) is 41.3 Å². The van der Waals surface area contributed by atoms with E-state index < -0.39 is 28.5 Å². The summed E-state index contributed by atoms with van der Waals surface area (Å²) in [6.07, 6.45) is 0. The van der Waals surface area contributed by atoms with Crippen LogP contribution in [0.3, 0.4) is 0 Å². The number of nitrogens with one attached hydrogen (secondary N) is 1. The van der Waals surface area contributed by atoms with E-state index in [1.54, 1.807) is 24.3 Å². The first-order chi connectivity index (χ1) is 15.1. The molecule has 1 N–H and O–H groups in total. The molecule has 32 heavy (non-hydrogen) atoms. The molecule has 1 aliphatic heterocycles. The molecule has 0 aliphatic carbocycles. The lowest BCUT2D eigenvalue weighted by molar-refractivity contribution is -0.119. The number of carbonyl (C=O) groups is 2. The van der Waals surface area contributed by atoms with E-state index in [0.29, 0.717) is 24.5 Å². The predicted octanol–water partition coefficient (Wildman–Crippen LogP) is 2.80. The van der Waals surface area contributed by atoms with Crippen LogP contribution >= 0.6 is 0 Å². The third kappa shape index (κ3) is 5.93. The highest BCUT2D eigenvalue weighted by molar-refractivity contribution is 7.89. The molecule has 0 unspecified atom stereocenters. The number of rotatable bonds is 6. The molecule has 0 atom stereocenters. The van der Waals surface area contributed by atoms with E-state index in [2.05, 4.69) is 26.1 Å². The Morgan fingerprint density at radius 1 is 1.06 bits per heavy atom. The number of nitrogens with zero attached hydrogens (tertiary/aromatic N) is 1. The SMILES string of the molecule is CC(C)(C)c1ccc(C(=O)OCC(=O)Nc2cccc(S(=O)(=O)N3CCOCC3)c2)cc1. The van der Waals surface area contributed by atoms with Crippen molar-refractivity contribution in [2.24, 2.45) is 0 Å². The summed E-state index contributed by atoms with van der Waals surface area (Å²) < 4.78 is 37.2. The second-order valence-corrected chi connectivity index (χ2v) is 10.4. The standard InChI is InChI=1S/C23H28N2O6S/c1-23(2,3)18-9-7-17(8-10-18)22(27)31-16-21(26)24-19-5-4-6-20(15-19)32(28,29)25-11-13-30-14-12-25/h4-10,15H,11-14,16H2,1-3H3,(H,24,26). The molecule has 172 valence electrons. The smallest absolute Gasteiger partial charge is 0.338 e. The Labute approximate surface area is 188 Å². The van der Waals surface area contributed by atoms with Gasteiger partial charge in [0.15, 0.2) is 6.61 Å². The maximum atomic E-state index is 12.8. The maximum absolute atomic E-state index is 12.8. The summed E-state index contributed by atoms with van der Waals surface area (Å²) in [5, 5.41) is 2.57. The minimum atomic E-state index is -3.68. The maximum Gasteiger partial charge on any atom is 0.338 e. The number of hydrogen-bond donors (Lipinski definition) is 1. The van der Waals surface area contributed by atoms with Crippen molar-refractivity contribution >= 4 is 27.6 Å². The number of carbonyl (C=O) groups excluding carboxylic acids is 2. The lowest BCUT2D eigenvalue weighted by Gasteiger charge is -2.26. The molecule has 1 saturated heterocycles. The zero-order chi connectivity index (χ0) is 23.4. The summed E-state index contributed by atoms with van der Waals surface area (Å²) >= 11 is 0. The number of esters is 1. The summed E-state index contributed by atoms with van der Waals surface area (Å²) in [7, 11) is -3.68. The van der Waals surface area contributed by atoms with E-state index >= 15 is 0 Å². The van der Waals surface area contributed by atoms with Crippen molar-refractivity contribution in [2.75, 3.05) is 38.2 Å². The molecule has 9 heteroatoms. The van der Waals surface area contributed by atoms with Crippen molar-refractivity contribution in [2.45, 2.75) is 31.1 Å². The van der Waals surface area contributed by atoms with Crippen LogP contribution in [0.15, 0.2) is 53.4 Å². The van der Waals surface area contributed by atoms with Gasteiger partial charge < -0.3 is 14.8 Å². The molecule has 1 aliphatic rings. The minimum absolute atomic E-state index is 0.0356. The lowest BCUT2D eigenvalue weighted by atomic mass is 9.87. The molecule has 3 rings (SSSR count). The van der Waals surface area contributed by atoms with Gasteiger partial charge in [0.1, 0.15) is 0 Å². The van der Waals surface area contributed by atoms with Gasteiger partial charge in [0.2, 0.25) is 10.0 Å². The normalized spacial score (nSPS) is 15.2. The Hall–Kier alpha value is -2.75. The monoisotopic (exact) mass is 460 g/mol. The molecule has 0 radical (unpaired) electrons. The van der Waals surface area contributed by atoms with Crippen LogP contribution in [0.1, 0.15) is 36.7 Å². The molecule has 0 bridgehead atoms. The second kappa shape index (κ2) is 9.81. The Bertz CT molecular complexity index is 1070. The highest BCUT2D eigenvalue weighted by Crippen LogP contribution is 2.23. The van der Waals surface area contributed by atoms with Crippen LogP contribution in [-0.2, 0) is 29.7 Å². The molecule has 1 fully saturated rings. The molecule has 2 aromatic carbocycles. The third-order valence-corrected chi connectivity index (χ3v) is 6.94. The van der Waals surface area contributed by atoms with Crippen LogP contribution < -0.4 is 5.32 Å². The molecule has 8 nitrogen and oxygen atoms in total. The quantitative estimate of drug-likeness (QED) is 0.665. The highest BCUT2D eigenvalue weighted by atomic mass is 32.2. The molecule has 1 heterocycles. The van der Waals surface area contributed by atoms with Gasteiger partial charge in [-0.3, -0.25) is 4.79 Å². The lowest BCUT2D eigenvalue weighted by Crippen LogP contribution is -2.40. The van der Waals surface area contributed by atoms with Gasteiger partial charge in [-0.2, -0.15) is 4.31 Å². The van der Waals surface area contributed by atoms with Crippen LogP contribution in [0, 0.1) is 0 Å².